The molecule has 1 rings (SSSR count). The molecule has 0 fully saturated rings. The molecule has 0 saturated heterocycles. The van der Waals surface area contributed by atoms with Gasteiger partial charge in [0.1, 0.15) is 0 Å². The number of hydrogen-bond acceptors (Lipinski definition) is 1. The van der Waals surface area contributed by atoms with Gasteiger partial charge in [0.05, 0.1) is 0 Å². The Hall–Kier alpha value is -0.0500. The van der Waals surface area contributed by atoms with E-state index in [0.29, 0.717) is 6.04 Å². The zero-order valence-corrected chi connectivity index (χ0v) is 13.8. The van der Waals surface area contributed by atoms with Gasteiger partial charge < -0.3 is 5.32 Å². The molecule has 0 aliphatic carbocycles. The van der Waals surface area contributed by atoms with E-state index < -0.39 is 0 Å². The monoisotopic (exact) mass is 331 g/mol. The summed E-state index contributed by atoms with van der Waals surface area (Å²) in [7, 11) is 0. The van der Waals surface area contributed by atoms with Crippen LogP contribution in [0.25, 0.3) is 0 Å². The summed E-state index contributed by atoms with van der Waals surface area (Å²) in [5.74, 6) is 0.803. The van der Waals surface area contributed by atoms with Crippen LogP contribution in [0, 0.1) is 5.92 Å². The Bertz CT molecular complexity index is 366. The highest BCUT2D eigenvalue weighted by molar-refractivity contribution is 9.10. The minimum Gasteiger partial charge on any atom is -0.310 e. The minimum atomic E-state index is 0.541. The van der Waals surface area contributed by atoms with Crippen LogP contribution >= 0.6 is 27.5 Å². The maximum absolute atomic E-state index is 6.16. The highest BCUT2D eigenvalue weighted by Gasteiger charge is 2.05. The van der Waals surface area contributed by atoms with Crippen LogP contribution in [-0.4, -0.2) is 6.04 Å². The summed E-state index contributed by atoms with van der Waals surface area (Å²) >= 11 is 9.64. The molecular weight excluding hydrogens is 310 g/mol. The van der Waals surface area contributed by atoms with Crippen molar-refractivity contribution >= 4 is 27.5 Å². The molecule has 0 heterocycles. The molecule has 102 valence electrons. The topological polar surface area (TPSA) is 12.0 Å². The zero-order valence-electron chi connectivity index (χ0n) is 11.5. The smallest absolute Gasteiger partial charge is 0.0451 e. The Labute approximate surface area is 124 Å². The van der Waals surface area contributed by atoms with Gasteiger partial charge in [-0.05, 0) is 43.0 Å². The third kappa shape index (κ3) is 6.21. The molecule has 1 nitrogen and oxygen atoms in total. The molecule has 0 spiro atoms. The van der Waals surface area contributed by atoms with Crippen LogP contribution in [0.1, 0.15) is 45.6 Å². The first-order valence-corrected chi connectivity index (χ1v) is 7.83. The van der Waals surface area contributed by atoms with E-state index in [2.05, 4.69) is 48.1 Å². The van der Waals surface area contributed by atoms with Crippen molar-refractivity contribution < 1.29 is 0 Å². The van der Waals surface area contributed by atoms with Gasteiger partial charge >= 0.3 is 0 Å². The van der Waals surface area contributed by atoms with Gasteiger partial charge in [0.15, 0.2) is 0 Å². The fraction of sp³-hybridized carbons (Fsp3) is 0.600. The number of benzene rings is 1. The van der Waals surface area contributed by atoms with Crippen molar-refractivity contribution in [3.8, 4) is 0 Å². The van der Waals surface area contributed by atoms with Gasteiger partial charge in [-0.2, -0.15) is 0 Å². The lowest BCUT2D eigenvalue weighted by molar-refractivity contribution is 0.457. The van der Waals surface area contributed by atoms with E-state index in [1.807, 2.05) is 12.1 Å². The summed E-state index contributed by atoms with van der Waals surface area (Å²) in [6.45, 7) is 7.63. The molecule has 1 atom stereocenters. The molecule has 0 saturated carbocycles. The predicted octanol–water partition coefficient (Wildman–Crippen LogP) is 5.41. The minimum absolute atomic E-state index is 0.541. The van der Waals surface area contributed by atoms with Crippen LogP contribution in [0.4, 0.5) is 0 Å². The Balaban J connectivity index is 2.33. The van der Waals surface area contributed by atoms with Crippen LogP contribution in [0.3, 0.4) is 0 Å². The first-order chi connectivity index (χ1) is 8.49. The van der Waals surface area contributed by atoms with E-state index in [4.69, 9.17) is 11.6 Å². The van der Waals surface area contributed by atoms with Crippen molar-refractivity contribution in [2.24, 2.45) is 5.92 Å². The second-order valence-electron chi connectivity index (χ2n) is 5.34. The van der Waals surface area contributed by atoms with Gasteiger partial charge in [0, 0.05) is 22.1 Å². The molecule has 1 aromatic carbocycles. The second kappa shape index (κ2) is 8.19. The Morgan fingerprint density at radius 3 is 2.61 bits per heavy atom. The molecule has 1 unspecified atom stereocenters. The van der Waals surface area contributed by atoms with Crippen molar-refractivity contribution in [3.63, 3.8) is 0 Å². The number of halogens is 2. The van der Waals surface area contributed by atoms with Crippen molar-refractivity contribution in [1.29, 1.82) is 0 Å². The van der Waals surface area contributed by atoms with E-state index in [0.717, 1.165) is 27.5 Å². The van der Waals surface area contributed by atoms with Crippen LogP contribution in [0.5, 0.6) is 0 Å². The van der Waals surface area contributed by atoms with Crippen molar-refractivity contribution in [2.45, 2.75) is 52.6 Å². The summed E-state index contributed by atoms with van der Waals surface area (Å²) in [4.78, 5) is 0. The fourth-order valence-electron chi connectivity index (χ4n) is 1.90. The number of nitrogens with one attached hydrogen (secondary N) is 1. The lowest BCUT2D eigenvalue weighted by Crippen LogP contribution is -2.25. The van der Waals surface area contributed by atoms with E-state index in [-0.39, 0.29) is 0 Å². The van der Waals surface area contributed by atoms with E-state index >= 15 is 0 Å². The Morgan fingerprint density at radius 2 is 1.94 bits per heavy atom. The summed E-state index contributed by atoms with van der Waals surface area (Å²) in [6, 6.07) is 6.53. The van der Waals surface area contributed by atoms with Gasteiger partial charge in [-0.25, -0.2) is 0 Å². The summed E-state index contributed by atoms with van der Waals surface area (Å²) in [5, 5.41) is 4.37. The lowest BCUT2D eigenvalue weighted by Gasteiger charge is -2.15. The molecule has 0 amide bonds. The Kier molecular flexibility index (Phi) is 7.28. The number of hydrogen-bond donors (Lipinski definition) is 1. The maximum Gasteiger partial charge on any atom is 0.0451 e. The van der Waals surface area contributed by atoms with Crippen molar-refractivity contribution in [1.82, 2.24) is 5.32 Å². The summed E-state index contributed by atoms with van der Waals surface area (Å²) in [6.07, 6.45) is 3.82. The lowest BCUT2D eigenvalue weighted by atomic mass is 10.0. The van der Waals surface area contributed by atoms with Crippen LogP contribution in [0.2, 0.25) is 5.02 Å². The molecule has 1 N–H and O–H groups in total. The fourth-order valence-corrected chi connectivity index (χ4v) is 2.49. The SMILES string of the molecule is CC(C)CCCC(C)NCc1cc(Br)ccc1Cl. The quantitative estimate of drug-likeness (QED) is 0.704. The van der Waals surface area contributed by atoms with Crippen molar-refractivity contribution in [3.05, 3.63) is 33.3 Å². The Morgan fingerprint density at radius 1 is 1.22 bits per heavy atom. The summed E-state index contributed by atoms with van der Waals surface area (Å²) < 4.78 is 1.08. The predicted molar refractivity (Wildman–Crippen MR) is 84.1 cm³/mol. The van der Waals surface area contributed by atoms with Crippen LogP contribution < -0.4 is 5.32 Å². The standard InChI is InChI=1S/C15H23BrClN/c1-11(2)5-4-6-12(3)18-10-13-9-14(16)7-8-15(13)17/h7-9,11-12,18H,4-6,10H2,1-3H3. The second-order valence-corrected chi connectivity index (χ2v) is 6.67. The van der Waals surface area contributed by atoms with E-state index in [1.54, 1.807) is 0 Å². The van der Waals surface area contributed by atoms with Gasteiger partial charge in [-0.3, -0.25) is 0 Å². The molecule has 1 aromatic rings. The van der Waals surface area contributed by atoms with Crippen molar-refractivity contribution in [2.75, 3.05) is 0 Å². The van der Waals surface area contributed by atoms with Gasteiger partial charge in [-0.1, -0.05) is 54.2 Å². The third-order valence-electron chi connectivity index (χ3n) is 3.07. The van der Waals surface area contributed by atoms with E-state index in [9.17, 15) is 0 Å². The first kappa shape index (κ1) is 16.0. The number of rotatable bonds is 7. The van der Waals surface area contributed by atoms with E-state index in [1.165, 1.54) is 19.3 Å². The van der Waals surface area contributed by atoms with Crippen LogP contribution in [0.15, 0.2) is 22.7 Å². The molecular formula is C15H23BrClN. The largest absolute Gasteiger partial charge is 0.310 e. The zero-order chi connectivity index (χ0) is 13.5. The van der Waals surface area contributed by atoms with Gasteiger partial charge in [-0.15, -0.1) is 0 Å². The molecule has 0 aromatic heterocycles. The molecule has 0 aliphatic rings. The highest BCUT2D eigenvalue weighted by Crippen LogP contribution is 2.21. The normalized spacial score (nSPS) is 13.0. The first-order valence-electron chi connectivity index (χ1n) is 6.66. The van der Waals surface area contributed by atoms with Crippen LogP contribution in [-0.2, 0) is 6.54 Å². The molecule has 3 heteroatoms. The average Bonchev–Trinajstić information content (AvgIpc) is 2.30. The molecule has 0 aliphatic heterocycles. The average molecular weight is 333 g/mol. The van der Waals surface area contributed by atoms with Gasteiger partial charge in [0.25, 0.3) is 0 Å². The third-order valence-corrected chi connectivity index (χ3v) is 3.93. The van der Waals surface area contributed by atoms with Gasteiger partial charge in [0.2, 0.25) is 0 Å². The molecule has 0 radical (unpaired) electrons. The molecule has 0 bridgehead atoms. The maximum atomic E-state index is 6.16. The molecule has 18 heavy (non-hydrogen) atoms. The summed E-state index contributed by atoms with van der Waals surface area (Å²) in [5.41, 5.74) is 1.15. The highest BCUT2D eigenvalue weighted by atomic mass is 79.9.